The van der Waals surface area contributed by atoms with Crippen LogP contribution in [0.1, 0.15) is 42.0 Å². The lowest BCUT2D eigenvalue weighted by Crippen LogP contribution is -2.68. The van der Waals surface area contributed by atoms with Crippen LogP contribution in [-0.4, -0.2) is 79.2 Å². The second-order valence-electron chi connectivity index (χ2n) is 8.23. The third-order valence-electron chi connectivity index (χ3n) is 5.81. The van der Waals surface area contributed by atoms with Crippen LogP contribution in [0.5, 0.6) is 0 Å². The van der Waals surface area contributed by atoms with Crippen LogP contribution in [0.3, 0.4) is 0 Å². The molecule has 1 fully saturated rings. The lowest BCUT2D eigenvalue weighted by atomic mass is 9.46. The molecule has 0 saturated carbocycles. The number of aryl methyl sites for hydroxylation is 1. The van der Waals surface area contributed by atoms with Crippen molar-refractivity contribution >= 4 is 47.1 Å². The molecule has 0 unspecified atom stereocenters. The van der Waals surface area contributed by atoms with Gasteiger partial charge in [-0.3, -0.25) is 4.68 Å². The van der Waals surface area contributed by atoms with E-state index in [0.29, 0.717) is 9.87 Å². The van der Waals surface area contributed by atoms with E-state index in [-0.39, 0.29) is 24.1 Å². The van der Waals surface area contributed by atoms with Crippen molar-refractivity contribution in [1.82, 2.24) is 28.7 Å². The molecule has 33 heavy (non-hydrogen) atoms. The number of sulfonamides is 1. The van der Waals surface area contributed by atoms with Crippen LogP contribution in [-0.2, 0) is 17.1 Å². The van der Waals surface area contributed by atoms with Gasteiger partial charge >= 0.3 is 0 Å². The molecule has 0 N–H and O–H groups in total. The van der Waals surface area contributed by atoms with Gasteiger partial charge in [-0.15, -0.1) is 0 Å². The standard InChI is InChI=1S/C17H15B4F3N6O2S/c1-8-10(6-29-15(12(8)22)25-7-27-29)9-3-16(18,19)30(17(20,21)4-9)33(31,32)11-5-26-28(2)13(11)14(23)24/h5-7,9,14H,3-4H2,1-2H3. The summed E-state index contributed by atoms with van der Waals surface area (Å²) in [6, 6.07) is 0. The summed E-state index contributed by atoms with van der Waals surface area (Å²) < 4.78 is 71.1. The lowest BCUT2D eigenvalue weighted by Gasteiger charge is -2.56. The highest BCUT2D eigenvalue weighted by atomic mass is 32.2. The predicted molar refractivity (Wildman–Crippen MR) is 115 cm³/mol. The molecule has 8 radical (unpaired) electrons. The predicted octanol–water partition coefficient (Wildman–Crippen LogP) is 0.398. The monoisotopic (exact) mass is 468 g/mol. The van der Waals surface area contributed by atoms with Gasteiger partial charge in [-0.1, -0.05) is 0 Å². The Kier molecular flexibility index (Phi) is 5.55. The minimum absolute atomic E-state index is 0.00545. The maximum atomic E-state index is 14.8. The molecular weight excluding hydrogens is 453 g/mol. The van der Waals surface area contributed by atoms with E-state index in [1.54, 1.807) is 0 Å². The number of fused-ring (bicyclic) bond motifs is 1. The molecule has 164 valence electrons. The minimum atomic E-state index is -4.81. The third-order valence-corrected chi connectivity index (χ3v) is 7.84. The maximum absolute atomic E-state index is 14.8. The first kappa shape index (κ1) is 23.9. The molecule has 4 rings (SSSR count). The van der Waals surface area contributed by atoms with Crippen LogP contribution in [0.4, 0.5) is 13.2 Å². The van der Waals surface area contributed by atoms with Crippen LogP contribution in [0.25, 0.3) is 5.65 Å². The Morgan fingerprint density at radius 2 is 1.76 bits per heavy atom. The van der Waals surface area contributed by atoms with Crippen molar-refractivity contribution in [2.75, 3.05) is 0 Å². The Hall–Kier alpha value is -2.21. The Balaban J connectivity index is 1.80. The lowest BCUT2D eigenvalue weighted by molar-refractivity contribution is 0.136. The Labute approximate surface area is 193 Å². The molecule has 4 heterocycles. The van der Waals surface area contributed by atoms with Gasteiger partial charge in [0.1, 0.15) is 16.9 Å². The molecule has 0 atom stereocenters. The molecule has 0 amide bonds. The Morgan fingerprint density at radius 3 is 2.33 bits per heavy atom. The van der Waals surface area contributed by atoms with Crippen molar-refractivity contribution < 1.29 is 21.6 Å². The SMILES string of the molecule is [B]C1([B])CC(c2cn3ncnc3c(F)c2C)CC([B])([B])N1S(=O)(=O)c1cnn(C)c1C(F)F. The Morgan fingerprint density at radius 1 is 1.15 bits per heavy atom. The van der Waals surface area contributed by atoms with Crippen molar-refractivity contribution in [3.8, 4) is 0 Å². The quantitative estimate of drug-likeness (QED) is 0.519. The van der Waals surface area contributed by atoms with E-state index in [9.17, 15) is 21.6 Å². The summed E-state index contributed by atoms with van der Waals surface area (Å²) in [6.07, 6.45) is -0.196. The van der Waals surface area contributed by atoms with Gasteiger partial charge in [0, 0.05) is 13.2 Å². The van der Waals surface area contributed by atoms with Gasteiger partial charge in [0.2, 0.25) is 10.0 Å². The van der Waals surface area contributed by atoms with E-state index in [2.05, 4.69) is 15.2 Å². The van der Waals surface area contributed by atoms with Crippen LogP contribution in [0.15, 0.2) is 23.6 Å². The molecule has 0 spiro atoms. The van der Waals surface area contributed by atoms with E-state index in [1.807, 2.05) is 0 Å². The maximum Gasteiger partial charge on any atom is 0.281 e. The molecule has 16 heteroatoms. The van der Waals surface area contributed by atoms with E-state index in [1.165, 1.54) is 31.0 Å². The van der Waals surface area contributed by atoms with E-state index in [4.69, 9.17) is 31.4 Å². The molecule has 0 aromatic carbocycles. The summed E-state index contributed by atoms with van der Waals surface area (Å²) in [5.74, 6) is -1.32. The van der Waals surface area contributed by atoms with Gasteiger partial charge < -0.3 is 0 Å². The summed E-state index contributed by atoms with van der Waals surface area (Å²) in [6.45, 7) is 1.51. The molecule has 8 nitrogen and oxygen atoms in total. The number of halogens is 3. The highest BCUT2D eigenvalue weighted by Crippen LogP contribution is 2.46. The van der Waals surface area contributed by atoms with Gasteiger partial charge in [0.05, 0.1) is 37.6 Å². The first-order valence-corrected chi connectivity index (χ1v) is 11.1. The van der Waals surface area contributed by atoms with Crippen molar-refractivity contribution in [2.45, 2.75) is 47.7 Å². The topological polar surface area (TPSA) is 85.4 Å². The van der Waals surface area contributed by atoms with Crippen molar-refractivity contribution in [3.63, 3.8) is 0 Å². The fourth-order valence-corrected chi connectivity index (χ4v) is 6.40. The van der Waals surface area contributed by atoms with Gasteiger partial charge in [0.15, 0.2) is 11.5 Å². The number of hydrogen-bond donors (Lipinski definition) is 0. The zero-order valence-corrected chi connectivity index (χ0v) is 18.5. The smallest absolute Gasteiger partial charge is 0.265 e. The largest absolute Gasteiger partial charge is 0.281 e. The van der Waals surface area contributed by atoms with E-state index in [0.717, 1.165) is 10.9 Å². The second-order valence-corrected chi connectivity index (χ2v) is 9.98. The Bertz CT molecular complexity index is 1330. The molecule has 3 aromatic heterocycles. The number of hydrogen-bond acceptors (Lipinski definition) is 5. The van der Waals surface area contributed by atoms with Crippen LogP contribution >= 0.6 is 0 Å². The first-order valence-electron chi connectivity index (χ1n) is 9.68. The van der Waals surface area contributed by atoms with Gasteiger partial charge in [0.25, 0.3) is 6.43 Å². The number of rotatable bonds is 4. The summed E-state index contributed by atoms with van der Waals surface area (Å²) >= 11 is 0. The normalized spacial score (nSPS) is 19.5. The second kappa shape index (κ2) is 7.66. The van der Waals surface area contributed by atoms with Crippen LogP contribution in [0.2, 0.25) is 0 Å². The van der Waals surface area contributed by atoms with Gasteiger partial charge in [-0.2, -0.15) is 10.2 Å². The zero-order valence-electron chi connectivity index (χ0n) is 17.7. The third kappa shape index (κ3) is 3.71. The van der Waals surface area contributed by atoms with Crippen molar-refractivity contribution in [3.05, 3.63) is 41.4 Å². The summed E-state index contributed by atoms with van der Waals surface area (Å²) in [7, 11) is 21.1. The highest BCUT2D eigenvalue weighted by Gasteiger charge is 2.51. The van der Waals surface area contributed by atoms with Crippen molar-refractivity contribution in [2.24, 2.45) is 7.05 Å². The summed E-state index contributed by atoms with van der Waals surface area (Å²) in [5, 5.41) is 3.12. The molecule has 1 aliphatic heterocycles. The van der Waals surface area contributed by atoms with E-state index >= 15 is 0 Å². The van der Waals surface area contributed by atoms with Gasteiger partial charge in [-0.05, 0) is 47.5 Å². The molecular formula is C17H15B4F3N6O2S. The number of nitrogens with zero attached hydrogens (tertiary/aromatic N) is 6. The summed E-state index contributed by atoms with van der Waals surface area (Å²) in [4.78, 5) is 3.03. The molecule has 0 aliphatic carbocycles. The number of pyridine rings is 1. The summed E-state index contributed by atoms with van der Waals surface area (Å²) in [5.41, 5.74) is -0.238. The molecule has 1 saturated heterocycles. The van der Waals surface area contributed by atoms with E-state index < -0.39 is 49.4 Å². The average molecular weight is 468 g/mol. The van der Waals surface area contributed by atoms with Gasteiger partial charge in [-0.25, -0.2) is 35.4 Å². The minimum Gasteiger partial charge on any atom is -0.265 e. The zero-order chi connectivity index (χ0) is 24.5. The number of piperidine rings is 1. The molecule has 0 bridgehead atoms. The fraction of sp³-hybridized carbons (Fsp3) is 0.471. The first-order chi connectivity index (χ1) is 15.2. The number of alkyl halides is 2. The van der Waals surface area contributed by atoms with Crippen LogP contribution < -0.4 is 0 Å². The average Bonchev–Trinajstić information content (AvgIpc) is 3.28. The van der Waals surface area contributed by atoms with Crippen LogP contribution in [0, 0.1) is 12.7 Å². The van der Waals surface area contributed by atoms with Crippen molar-refractivity contribution in [1.29, 1.82) is 0 Å². The fourth-order valence-electron chi connectivity index (χ4n) is 4.49. The number of aromatic nitrogens is 5. The molecule has 1 aliphatic rings. The molecule has 3 aromatic rings. The highest BCUT2D eigenvalue weighted by molar-refractivity contribution is 7.89.